The first-order valence-corrected chi connectivity index (χ1v) is 10.6. The second-order valence-electron chi connectivity index (χ2n) is 6.14. The molecule has 3 aromatic rings. The average molecular weight is 424 g/mol. The third kappa shape index (κ3) is 3.27. The maximum atomic E-state index is 13.5. The molecule has 0 radical (unpaired) electrons. The van der Waals surface area contributed by atoms with E-state index in [4.69, 9.17) is 14.2 Å². The van der Waals surface area contributed by atoms with E-state index < -0.39 is 15.8 Å². The number of para-hydroxylation sites is 1. The zero-order chi connectivity index (χ0) is 19.9. The number of halogens is 1. The van der Waals surface area contributed by atoms with Crippen LogP contribution in [0.5, 0.6) is 16.7 Å². The first-order chi connectivity index (χ1) is 13.4. The number of hydrogen-bond acceptors (Lipinski definition) is 7. The molecule has 1 aliphatic heterocycles. The van der Waals surface area contributed by atoms with E-state index >= 15 is 0 Å². The summed E-state index contributed by atoms with van der Waals surface area (Å²) in [6.07, 6.45) is -0.333. The summed E-state index contributed by atoms with van der Waals surface area (Å²) in [5, 5.41) is 0.449. The Kier molecular flexibility index (Phi) is 4.86. The van der Waals surface area contributed by atoms with Crippen LogP contribution in [0, 0.1) is 5.82 Å². The van der Waals surface area contributed by atoms with E-state index in [0.29, 0.717) is 16.5 Å². The molecule has 0 amide bonds. The van der Waals surface area contributed by atoms with Gasteiger partial charge >= 0.3 is 0 Å². The Morgan fingerprint density at radius 2 is 1.89 bits per heavy atom. The third-order valence-corrected chi connectivity index (χ3v) is 7.17. The molecule has 0 unspecified atom stereocenters. The summed E-state index contributed by atoms with van der Waals surface area (Å²) in [6, 6.07) is 9.01. The van der Waals surface area contributed by atoms with Crippen molar-refractivity contribution in [1.29, 1.82) is 0 Å². The predicted octanol–water partition coefficient (Wildman–Crippen LogP) is 2.90. The Morgan fingerprint density at radius 3 is 2.61 bits per heavy atom. The summed E-state index contributed by atoms with van der Waals surface area (Å²) in [5.74, 6) is 0.111. The van der Waals surface area contributed by atoms with Gasteiger partial charge in [0.15, 0.2) is 0 Å². The number of thiazole rings is 1. The van der Waals surface area contributed by atoms with Gasteiger partial charge in [-0.05, 0) is 30.3 Å². The summed E-state index contributed by atoms with van der Waals surface area (Å²) in [6.45, 7) is 0.296. The lowest BCUT2D eigenvalue weighted by atomic mass is 10.2. The van der Waals surface area contributed by atoms with Crippen molar-refractivity contribution in [3.63, 3.8) is 0 Å². The quantitative estimate of drug-likeness (QED) is 0.606. The maximum Gasteiger partial charge on any atom is 0.274 e. The standard InChI is InChI=1S/C18H17FN2O5S2/c1-24-13-7-6-11(19)8-16(13)28(22,23)21-9-12(10-21)26-18-20-17-14(25-2)4-3-5-15(17)27-18/h3-8,12H,9-10H2,1-2H3. The highest BCUT2D eigenvalue weighted by Crippen LogP contribution is 2.35. The number of rotatable bonds is 6. The number of fused-ring (bicyclic) bond motifs is 1. The molecular weight excluding hydrogens is 407 g/mol. The predicted molar refractivity (Wildman–Crippen MR) is 102 cm³/mol. The average Bonchev–Trinajstić information content (AvgIpc) is 3.06. The number of ether oxygens (including phenoxy) is 3. The summed E-state index contributed by atoms with van der Waals surface area (Å²) >= 11 is 1.37. The van der Waals surface area contributed by atoms with Crippen LogP contribution in [0.4, 0.5) is 4.39 Å². The fourth-order valence-corrected chi connectivity index (χ4v) is 5.49. The van der Waals surface area contributed by atoms with Crippen molar-refractivity contribution < 1.29 is 27.0 Å². The van der Waals surface area contributed by atoms with Gasteiger partial charge in [-0.25, -0.2) is 12.8 Å². The minimum atomic E-state index is -3.88. The molecule has 28 heavy (non-hydrogen) atoms. The Morgan fingerprint density at radius 1 is 1.14 bits per heavy atom. The van der Waals surface area contributed by atoms with Crippen LogP contribution in [0.1, 0.15) is 0 Å². The molecule has 148 valence electrons. The summed E-state index contributed by atoms with van der Waals surface area (Å²) in [5.41, 5.74) is 0.707. The largest absolute Gasteiger partial charge is 0.495 e. The third-order valence-electron chi connectivity index (χ3n) is 4.41. The van der Waals surface area contributed by atoms with Gasteiger partial charge in [0.05, 0.1) is 32.0 Å². The maximum absolute atomic E-state index is 13.5. The van der Waals surface area contributed by atoms with Gasteiger partial charge in [0.2, 0.25) is 10.0 Å². The number of methoxy groups -OCH3 is 2. The molecule has 7 nitrogen and oxygen atoms in total. The van der Waals surface area contributed by atoms with E-state index in [1.165, 1.54) is 28.8 Å². The van der Waals surface area contributed by atoms with Gasteiger partial charge in [-0.2, -0.15) is 9.29 Å². The molecule has 2 heterocycles. The van der Waals surface area contributed by atoms with Crippen LogP contribution in [-0.2, 0) is 10.0 Å². The number of nitrogens with zero attached hydrogens (tertiary/aromatic N) is 2. The molecule has 1 saturated heterocycles. The van der Waals surface area contributed by atoms with Gasteiger partial charge in [-0.1, -0.05) is 17.4 Å². The molecule has 10 heteroatoms. The van der Waals surface area contributed by atoms with E-state index in [0.717, 1.165) is 16.8 Å². The molecule has 1 aromatic heterocycles. The van der Waals surface area contributed by atoms with Crippen LogP contribution in [-0.4, -0.2) is 51.1 Å². The molecule has 0 aliphatic carbocycles. The zero-order valence-electron chi connectivity index (χ0n) is 15.1. The molecule has 0 saturated carbocycles. The van der Waals surface area contributed by atoms with Crippen molar-refractivity contribution in [3.8, 4) is 16.7 Å². The van der Waals surface area contributed by atoms with Crippen molar-refractivity contribution in [2.75, 3.05) is 27.3 Å². The minimum absolute atomic E-state index is 0.101. The lowest BCUT2D eigenvalue weighted by molar-refractivity contribution is 0.0760. The Hall–Kier alpha value is -2.43. The van der Waals surface area contributed by atoms with Crippen molar-refractivity contribution in [2.24, 2.45) is 0 Å². The normalized spacial score (nSPS) is 15.4. The Balaban J connectivity index is 1.48. The van der Waals surface area contributed by atoms with Crippen molar-refractivity contribution in [3.05, 3.63) is 42.2 Å². The van der Waals surface area contributed by atoms with Crippen molar-refractivity contribution in [2.45, 2.75) is 11.0 Å². The molecular formula is C18H17FN2O5S2. The highest BCUT2D eigenvalue weighted by atomic mass is 32.2. The molecule has 0 N–H and O–H groups in total. The summed E-state index contributed by atoms with van der Waals surface area (Å²) < 4.78 is 57.4. The van der Waals surface area contributed by atoms with Crippen molar-refractivity contribution >= 4 is 31.6 Å². The van der Waals surface area contributed by atoms with E-state index in [9.17, 15) is 12.8 Å². The highest BCUT2D eigenvalue weighted by molar-refractivity contribution is 7.89. The second kappa shape index (κ2) is 7.19. The van der Waals surface area contributed by atoms with Crippen LogP contribution in [0.2, 0.25) is 0 Å². The van der Waals surface area contributed by atoms with Crippen LogP contribution in [0.3, 0.4) is 0 Å². The van der Waals surface area contributed by atoms with Gasteiger partial charge in [-0.15, -0.1) is 0 Å². The molecule has 1 fully saturated rings. The second-order valence-corrected chi connectivity index (χ2v) is 9.04. The first-order valence-electron chi connectivity index (χ1n) is 8.36. The van der Waals surface area contributed by atoms with E-state index in [1.54, 1.807) is 7.11 Å². The fraction of sp³-hybridized carbons (Fsp3) is 0.278. The van der Waals surface area contributed by atoms with Crippen molar-refractivity contribution in [1.82, 2.24) is 9.29 Å². The van der Waals surface area contributed by atoms with Gasteiger partial charge in [0.25, 0.3) is 5.19 Å². The lowest BCUT2D eigenvalue weighted by Gasteiger charge is -2.37. The van der Waals surface area contributed by atoms with E-state index in [2.05, 4.69) is 4.98 Å². The zero-order valence-corrected chi connectivity index (χ0v) is 16.7. The molecule has 0 bridgehead atoms. The van der Waals surface area contributed by atoms with E-state index in [-0.39, 0.29) is 29.8 Å². The monoisotopic (exact) mass is 424 g/mol. The molecule has 0 spiro atoms. The topological polar surface area (TPSA) is 78.0 Å². The lowest BCUT2D eigenvalue weighted by Crippen LogP contribution is -2.56. The molecule has 0 atom stereocenters. The van der Waals surface area contributed by atoms with Gasteiger partial charge in [0, 0.05) is 0 Å². The SMILES string of the molecule is COc1ccc(F)cc1S(=O)(=O)N1CC(Oc2nc3c(OC)cccc3s2)C1. The number of sulfonamides is 1. The summed E-state index contributed by atoms with van der Waals surface area (Å²) in [7, 11) is -0.960. The van der Waals surface area contributed by atoms with Gasteiger partial charge in [-0.3, -0.25) is 0 Å². The highest BCUT2D eigenvalue weighted by Gasteiger charge is 2.40. The van der Waals surface area contributed by atoms with Crippen LogP contribution < -0.4 is 14.2 Å². The summed E-state index contributed by atoms with van der Waals surface area (Å²) in [4.78, 5) is 4.23. The number of hydrogen-bond donors (Lipinski definition) is 0. The molecule has 1 aliphatic rings. The van der Waals surface area contributed by atoms with Crippen LogP contribution >= 0.6 is 11.3 Å². The van der Waals surface area contributed by atoms with Gasteiger partial charge in [0.1, 0.15) is 33.8 Å². The fourth-order valence-electron chi connectivity index (χ4n) is 2.92. The number of benzene rings is 2. The van der Waals surface area contributed by atoms with E-state index in [1.807, 2.05) is 18.2 Å². The minimum Gasteiger partial charge on any atom is -0.495 e. The molecule has 2 aromatic carbocycles. The van der Waals surface area contributed by atoms with Gasteiger partial charge < -0.3 is 14.2 Å². The molecule has 4 rings (SSSR count). The Bertz CT molecular complexity index is 1130. The first kappa shape index (κ1) is 18.9. The Labute approximate surface area is 165 Å². The number of aromatic nitrogens is 1. The smallest absolute Gasteiger partial charge is 0.274 e. The van der Waals surface area contributed by atoms with Crippen LogP contribution in [0.25, 0.3) is 10.2 Å². The van der Waals surface area contributed by atoms with Crippen LogP contribution in [0.15, 0.2) is 41.3 Å².